The second kappa shape index (κ2) is 14.4. The molecule has 0 radical (unpaired) electrons. The lowest BCUT2D eigenvalue weighted by Crippen LogP contribution is -2.42. The Kier molecular flexibility index (Phi) is 10.1. The zero-order valence-corrected chi connectivity index (χ0v) is 26.8. The molecule has 46 heavy (non-hydrogen) atoms. The highest BCUT2D eigenvalue weighted by Crippen LogP contribution is 2.42. The molecule has 5 rings (SSSR count). The predicted octanol–water partition coefficient (Wildman–Crippen LogP) is 5.49. The fourth-order valence-electron chi connectivity index (χ4n) is 4.99. The Bertz CT molecular complexity index is 1690. The Hall–Kier alpha value is -5.04. The van der Waals surface area contributed by atoms with E-state index in [0.29, 0.717) is 50.7 Å². The quantitative estimate of drug-likeness (QED) is 0.156. The number of hydrogen-bond acceptors (Lipinski definition) is 10. The second-order valence-corrected chi connectivity index (χ2v) is 11.2. The van der Waals surface area contributed by atoms with Crippen molar-refractivity contribution in [2.45, 2.75) is 31.6 Å². The number of fused-ring (bicyclic) bond motifs is 1. The lowest BCUT2D eigenvalue weighted by atomic mass is 10.0. The topological polar surface area (TPSA) is 121 Å². The summed E-state index contributed by atoms with van der Waals surface area (Å²) in [7, 11) is 4.40. The number of anilines is 1. The number of hydrogen-bond donors (Lipinski definition) is 1. The van der Waals surface area contributed by atoms with Crippen LogP contribution >= 0.6 is 11.8 Å². The van der Waals surface area contributed by atoms with Crippen LogP contribution in [0.5, 0.6) is 28.7 Å². The van der Waals surface area contributed by atoms with Gasteiger partial charge < -0.3 is 33.9 Å². The zero-order chi connectivity index (χ0) is 32.8. The minimum Gasteiger partial charge on any atom is -0.493 e. The maximum atomic E-state index is 14.3. The number of ether oxygens (including phenoxy) is 5. The largest absolute Gasteiger partial charge is 0.493 e. The van der Waals surface area contributed by atoms with Gasteiger partial charge in [-0.15, -0.1) is 0 Å². The Morgan fingerprint density at radius 2 is 1.57 bits per heavy atom. The SMILES string of the molecule is COc1cc(C(C(=O)Nc2ccc3c(c2)OCO3)N(Cc2ccc(F)cc2)C(=O)CSc2nc(C)cc(C)n2)cc(OC)c1OC. The lowest BCUT2D eigenvalue weighted by Gasteiger charge is -2.32. The van der Waals surface area contributed by atoms with E-state index in [1.807, 2.05) is 19.9 Å². The van der Waals surface area contributed by atoms with E-state index < -0.39 is 23.7 Å². The highest BCUT2D eigenvalue weighted by Gasteiger charge is 2.34. The van der Waals surface area contributed by atoms with Crippen LogP contribution in [0.4, 0.5) is 10.1 Å². The molecule has 0 fully saturated rings. The van der Waals surface area contributed by atoms with Crippen LogP contribution in [0.2, 0.25) is 0 Å². The van der Waals surface area contributed by atoms with Crippen LogP contribution in [0.1, 0.15) is 28.6 Å². The maximum absolute atomic E-state index is 14.3. The molecule has 1 aromatic heterocycles. The molecule has 11 nitrogen and oxygen atoms in total. The Morgan fingerprint density at radius 3 is 2.20 bits per heavy atom. The van der Waals surface area contributed by atoms with Gasteiger partial charge in [-0.3, -0.25) is 9.59 Å². The number of rotatable bonds is 12. The van der Waals surface area contributed by atoms with Crippen LogP contribution < -0.4 is 29.0 Å². The molecule has 3 aromatic carbocycles. The summed E-state index contributed by atoms with van der Waals surface area (Å²) in [5.41, 5.74) is 2.96. The van der Waals surface area contributed by atoms with Crippen molar-refractivity contribution >= 4 is 29.3 Å². The van der Waals surface area contributed by atoms with Crippen LogP contribution in [0.25, 0.3) is 0 Å². The molecule has 2 heterocycles. The van der Waals surface area contributed by atoms with Crippen molar-refractivity contribution in [1.82, 2.24) is 14.9 Å². The first-order valence-corrected chi connectivity index (χ1v) is 15.2. The lowest BCUT2D eigenvalue weighted by molar-refractivity contribution is -0.137. The Balaban J connectivity index is 1.58. The number of carbonyl (C=O) groups is 2. The monoisotopic (exact) mass is 648 g/mol. The number of halogens is 1. The summed E-state index contributed by atoms with van der Waals surface area (Å²) in [5, 5.41) is 3.35. The van der Waals surface area contributed by atoms with E-state index in [-0.39, 0.29) is 19.1 Å². The van der Waals surface area contributed by atoms with E-state index in [0.717, 1.165) is 23.1 Å². The smallest absolute Gasteiger partial charge is 0.251 e. The molecular formula is C33H33FN4O7S. The summed E-state index contributed by atoms with van der Waals surface area (Å²) in [6.45, 7) is 3.75. The number of nitrogens with one attached hydrogen (secondary N) is 1. The van der Waals surface area contributed by atoms with Crippen molar-refractivity contribution in [1.29, 1.82) is 0 Å². The molecule has 0 aliphatic carbocycles. The summed E-state index contributed by atoms with van der Waals surface area (Å²) in [6, 6.07) is 14.6. The van der Waals surface area contributed by atoms with Gasteiger partial charge in [0.25, 0.3) is 5.91 Å². The molecule has 13 heteroatoms. The standard InChI is InChI=1S/C33H33FN4O7S/c1-19-12-20(2)36-33(35-19)46-17-29(39)38(16-21-6-8-23(34)9-7-21)30(22-13-27(41-3)31(43-5)28(14-22)42-4)32(40)37-24-10-11-25-26(15-24)45-18-44-25/h6-15,30H,16-18H2,1-5H3,(H,37,40). The van der Waals surface area contributed by atoms with E-state index in [1.54, 1.807) is 42.5 Å². The van der Waals surface area contributed by atoms with Crippen LogP contribution in [-0.4, -0.2) is 60.6 Å². The van der Waals surface area contributed by atoms with Crippen molar-refractivity contribution in [3.8, 4) is 28.7 Å². The van der Waals surface area contributed by atoms with E-state index in [2.05, 4.69) is 15.3 Å². The molecule has 240 valence electrons. The highest BCUT2D eigenvalue weighted by atomic mass is 32.2. The fourth-order valence-corrected chi connectivity index (χ4v) is 5.83. The third kappa shape index (κ3) is 7.42. The van der Waals surface area contributed by atoms with Gasteiger partial charge in [0.15, 0.2) is 28.2 Å². The molecule has 4 aromatic rings. The summed E-state index contributed by atoms with van der Waals surface area (Å²) in [4.78, 5) is 38.8. The van der Waals surface area contributed by atoms with Crippen LogP contribution in [-0.2, 0) is 16.1 Å². The molecule has 2 amide bonds. The molecule has 1 N–H and O–H groups in total. The molecule has 1 aliphatic heterocycles. The van der Waals surface area contributed by atoms with Crippen molar-refractivity contribution in [2.24, 2.45) is 0 Å². The normalized spacial score (nSPS) is 12.3. The van der Waals surface area contributed by atoms with Crippen molar-refractivity contribution in [2.75, 3.05) is 39.2 Å². The van der Waals surface area contributed by atoms with Crippen LogP contribution in [0, 0.1) is 19.7 Å². The van der Waals surface area contributed by atoms with Crippen LogP contribution in [0.15, 0.2) is 65.8 Å². The third-order valence-corrected chi connectivity index (χ3v) is 7.91. The molecular weight excluding hydrogens is 615 g/mol. The van der Waals surface area contributed by atoms with Crippen molar-refractivity contribution in [3.63, 3.8) is 0 Å². The first-order chi connectivity index (χ1) is 22.2. The second-order valence-electron chi connectivity index (χ2n) is 10.3. The van der Waals surface area contributed by atoms with Gasteiger partial charge in [-0.25, -0.2) is 14.4 Å². The minimum absolute atomic E-state index is 0.0245. The van der Waals surface area contributed by atoms with Gasteiger partial charge in [0.1, 0.15) is 11.9 Å². The van der Waals surface area contributed by atoms with Gasteiger partial charge in [-0.1, -0.05) is 23.9 Å². The predicted molar refractivity (Wildman–Crippen MR) is 169 cm³/mol. The van der Waals surface area contributed by atoms with Gasteiger partial charge in [-0.2, -0.15) is 0 Å². The molecule has 1 unspecified atom stereocenters. The number of thioether (sulfide) groups is 1. The Morgan fingerprint density at radius 1 is 0.913 bits per heavy atom. The number of aryl methyl sites for hydroxylation is 2. The molecule has 0 saturated carbocycles. The zero-order valence-electron chi connectivity index (χ0n) is 26.0. The van der Waals surface area contributed by atoms with Gasteiger partial charge in [-0.05, 0) is 67.4 Å². The summed E-state index contributed by atoms with van der Waals surface area (Å²) < 4.78 is 41.4. The van der Waals surface area contributed by atoms with Gasteiger partial charge in [0.05, 0.1) is 27.1 Å². The highest BCUT2D eigenvalue weighted by molar-refractivity contribution is 7.99. The van der Waals surface area contributed by atoms with E-state index >= 15 is 0 Å². The van der Waals surface area contributed by atoms with Crippen molar-refractivity contribution < 1.29 is 37.7 Å². The molecule has 0 saturated heterocycles. The van der Waals surface area contributed by atoms with E-state index in [4.69, 9.17) is 23.7 Å². The molecule has 1 atom stereocenters. The number of aromatic nitrogens is 2. The van der Waals surface area contributed by atoms with Gasteiger partial charge >= 0.3 is 0 Å². The number of methoxy groups -OCH3 is 3. The molecule has 0 spiro atoms. The van der Waals surface area contributed by atoms with Gasteiger partial charge in [0.2, 0.25) is 18.4 Å². The summed E-state index contributed by atoms with van der Waals surface area (Å²) in [5.74, 6) is 0.517. The molecule has 1 aliphatic rings. The average Bonchev–Trinajstić information content (AvgIpc) is 3.51. The van der Waals surface area contributed by atoms with Crippen LogP contribution in [0.3, 0.4) is 0 Å². The van der Waals surface area contributed by atoms with Gasteiger partial charge in [0, 0.05) is 29.7 Å². The fraction of sp³-hybridized carbons (Fsp3) is 0.273. The first-order valence-electron chi connectivity index (χ1n) is 14.2. The number of nitrogens with zero attached hydrogens (tertiary/aromatic N) is 3. The number of benzene rings is 3. The Labute approximate surface area is 270 Å². The van der Waals surface area contributed by atoms with E-state index in [1.165, 1.54) is 38.4 Å². The van der Waals surface area contributed by atoms with Crippen molar-refractivity contribution in [3.05, 3.63) is 89.0 Å². The average molecular weight is 649 g/mol. The summed E-state index contributed by atoms with van der Waals surface area (Å²) in [6.07, 6.45) is 0. The maximum Gasteiger partial charge on any atom is 0.251 e. The van der Waals surface area contributed by atoms with E-state index in [9.17, 15) is 14.0 Å². The number of amides is 2. The number of carbonyl (C=O) groups excluding carboxylic acids is 2. The third-order valence-electron chi connectivity index (χ3n) is 7.08. The minimum atomic E-state index is -1.21. The molecule has 0 bridgehead atoms. The summed E-state index contributed by atoms with van der Waals surface area (Å²) >= 11 is 1.16. The first kappa shape index (κ1) is 32.4.